The van der Waals surface area contributed by atoms with Crippen molar-refractivity contribution in [1.82, 2.24) is 5.32 Å². The molecule has 0 radical (unpaired) electrons. The fraction of sp³-hybridized carbons (Fsp3) is 0.533. The highest BCUT2D eigenvalue weighted by molar-refractivity contribution is 5.65. The largest absolute Gasteiger partial charge is 0.465 e. The lowest BCUT2D eigenvalue weighted by atomic mass is 9.82. The Morgan fingerprint density at radius 2 is 1.84 bits per heavy atom. The van der Waals surface area contributed by atoms with Gasteiger partial charge in [0.25, 0.3) is 0 Å². The van der Waals surface area contributed by atoms with Crippen LogP contribution in [0.5, 0.6) is 0 Å². The monoisotopic (exact) mass is 265 g/mol. The first-order valence-corrected chi connectivity index (χ1v) is 6.52. The summed E-state index contributed by atoms with van der Waals surface area (Å²) >= 11 is 0. The Kier molecular flexibility index (Phi) is 5.36. The summed E-state index contributed by atoms with van der Waals surface area (Å²) in [5, 5.41) is 21.5. The van der Waals surface area contributed by atoms with Gasteiger partial charge in [-0.2, -0.15) is 0 Å². The topological polar surface area (TPSA) is 69.6 Å². The molecule has 19 heavy (non-hydrogen) atoms. The zero-order valence-electron chi connectivity index (χ0n) is 11.8. The second kappa shape index (κ2) is 6.57. The van der Waals surface area contributed by atoms with Gasteiger partial charge in [-0.15, -0.1) is 0 Å². The number of rotatable bonds is 5. The van der Waals surface area contributed by atoms with E-state index in [1.807, 2.05) is 51.1 Å². The molecule has 0 fully saturated rings. The lowest BCUT2D eigenvalue weighted by Gasteiger charge is -2.34. The first-order chi connectivity index (χ1) is 8.80. The van der Waals surface area contributed by atoms with Crippen molar-refractivity contribution >= 4 is 6.09 Å². The van der Waals surface area contributed by atoms with Crippen molar-refractivity contribution in [3.8, 4) is 0 Å². The molecule has 0 aliphatic carbocycles. The summed E-state index contributed by atoms with van der Waals surface area (Å²) < 4.78 is 0. The van der Waals surface area contributed by atoms with Crippen molar-refractivity contribution in [2.24, 2.45) is 5.41 Å². The van der Waals surface area contributed by atoms with Crippen molar-refractivity contribution in [3.63, 3.8) is 0 Å². The highest BCUT2D eigenvalue weighted by atomic mass is 16.4. The Bertz CT molecular complexity index is 398. The van der Waals surface area contributed by atoms with E-state index in [4.69, 9.17) is 5.11 Å². The molecule has 1 rings (SSSR count). The molecule has 1 aromatic rings. The van der Waals surface area contributed by atoms with Crippen molar-refractivity contribution in [1.29, 1.82) is 0 Å². The Morgan fingerprint density at radius 1 is 1.26 bits per heavy atom. The van der Waals surface area contributed by atoms with Gasteiger partial charge in [0.05, 0.1) is 12.1 Å². The number of carboxylic acid groups (broad SMARTS) is 1. The third-order valence-corrected chi connectivity index (χ3v) is 3.17. The van der Waals surface area contributed by atoms with E-state index >= 15 is 0 Å². The van der Waals surface area contributed by atoms with Crippen LogP contribution in [0.3, 0.4) is 0 Å². The minimum absolute atomic E-state index is 0.325. The number of nitrogens with one attached hydrogen (secondary N) is 1. The minimum Gasteiger partial charge on any atom is -0.465 e. The zero-order chi connectivity index (χ0) is 14.5. The van der Waals surface area contributed by atoms with Gasteiger partial charge in [-0.25, -0.2) is 4.79 Å². The van der Waals surface area contributed by atoms with Crippen LogP contribution in [0.4, 0.5) is 4.79 Å². The van der Waals surface area contributed by atoms with E-state index in [0.29, 0.717) is 6.42 Å². The number of aryl methyl sites for hydroxylation is 1. The molecule has 3 N–H and O–H groups in total. The molecular weight excluding hydrogens is 242 g/mol. The molecule has 0 bridgehead atoms. The van der Waals surface area contributed by atoms with E-state index in [1.165, 1.54) is 0 Å². The standard InChI is InChI=1S/C15H23NO3/c1-15(2,3)13(16-14(18)19)12(17)10-9-11-7-5-4-6-8-11/h4-8,12-13,16-17H,9-10H2,1-3H3,(H,18,19). The smallest absolute Gasteiger partial charge is 0.404 e. The van der Waals surface area contributed by atoms with Gasteiger partial charge in [-0.1, -0.05) is 51.1 Å². The summed E-state index contributed by atoms with van der Waals surface area (Å²) in [6, 6.07) is 9.39. The molecule has 4 nitrogen and oxygen atoms in total. The number of amides is 1. The second-order valence-corrected chi connectivity index (χ2v) is 5.88. The molecule has 106 valence electrons. The first kappa shape index (κ1) is 15.5. The SMILES string of the molecule is CC(C)(C)C(NC(=O)O)C(O)CCc1ccccc1. The highest BCUT2D eigenvalue weighted by Crippen LogP contribution is 2.24. The molecule has 0 saturated carbocycles. The number of hydrogen-bond donors (Lipinski definition) is 3. The van der Waals surface area contributed by atoms with Crippen LogP contribution in [0.15, 0.2) is 30.3 Å². The van der Waals surface area contributed by atoms with E-state index in [-0.39, 0.29) is 5.41 Å². The molecule has 0 aliphatic rings. The van der Waals surface area contributed by atoms with Crippen LogP contribution >= 0.6 is 0 Å². The number of carbonyl (C=O) groups is 1. The molecule has 2 unspecified atom stereocenters. The quantitative estimate of drug-likeness (QED) is 0.766. The molecule has 2 atom stereocenters. The predicted molar refractivity (Wildman–Crippen MR) is 75.2 cm³/mol. The van der Waals surface area contributed by atoms with Gasteiger partial charge in [0.1, 0.15) is 0 Å². The van der Waals surface area contributed by atoms with E-state index in [1.54, 1.807) is 0 Å². The lowest BCUT2D eigenvalue weighted by Crippen LogP contribution is -2.50. The summed E-state index contributed by atoms with van der Waals surface area (Å²) in [4.78, 5) is 10.8. The fourth-order valence-corrected chi connectivity index (χ4v) is 2.15. The van der Waals surface area contributed by atoms with E-state index in [0.717, 1.165) is 12.0 Å². The third-order valence-electron chi connectivity index (χ3n) is 3.17. The van der Waals surface area contributed by atoms with Crippen molar-refractivity contribution < 1.29 is 15.0 Å². The Labute approximate surface area is 114 Å². The minimum atomic E-state index is -1.10. The second-order valence-electron chi connectivity index (χ2n) is 5.88. The van der Waals surface area contributed by atoms with Crippen molar-refractivity contribution in [3.05, 3.63) is 35.9 Å². The van der Waals surface area contributed by atoms with Gasteiger partial charge in [-0.3, -0.25) is 0 Å². The van der Waals surface area contributed by atoms with Gasteiger partial charge in [0, 0.05) is 0 Å². The van der Waals surface area contributed by atoms with Gasteiger partial charge in [-0.05, 0) is 23.8 Å². The summed E-state index contributed by atoms with van der Waals surface area (Å²) in [5.74, 6) is 0. The summed E-state index contributed by atoms with van der Waals surface area (Å²) in [6.45, 7) is 5.75. The maximum Gasteiger partial charge on any atom is 0.404 e. The van der Waals surface area contributed by atoms with Gasteiger partial charge in [0.2, 0.25) is 0 Å². The van der Waals surface area contributed by atoms with E-state index < -0.39 is 18.2 Å². The zero-order valence-corrected chi connectivity index (χ0v) is 11.8. The number of benzene rings is 1. The molecule has 1 aromatic carbocycles. The maximum atomic E-state index is 10.8. The van der Waals surface area contributed by atoms with Crippen LogP contribution in [-0.4, -0.2) is 28.5 Å². The van der Waals surface area contributed by atoms with E-state index in [9.17, 15) is 9.90 Å². The third kappa shape index (κ3) is 5.30. The number of aliphatic hydroxyl groups excluding tert-OH is 1. The fourth-order valence-electron chi connectivity index (χ4n) is 2.15. The molecule has 4 heteroatoms. The van der Waals surface area contributed by atoms with Gasteiger partial charge < -0.3 is 15.5 Å². The average molecular weight is 265 g/mol. The highest BCUT2D eigenvalue weighted by Gasteiger charge is 2.32. The molecule has 0 aliphatic heterocycles. The summed E-state index contributed by atoms with van der Waals surface area (Å²) in [6.07, 6.45) is -0.530. The number of hydrogen-bond acceptors (Lipinski definition) is 2. The van der Waals surface area contributed by atoms with Crippen LogP contribution in [0.1, 0.15) is 32.8 Å². The predicted octanol–water partition coefficient (Wildman–Crippen LogP) is 2.66. The van der Waals surface area contributed by atoms with Crippen LogP contribution in [-0.2, 0) is 6.42 Å². The van der Waals surface area contributed by atoms with Crippen LogP contribution in [0, 0.1) is 5.41 Å². The molecule has 0 spiro atoms. The Morgan fingerprint density at radius 3 is 2.32 bits per heavy atom. The van der Waals surface area contributed by atoms with Crippen molar-refractivity contribution in [2.75, 3.05) is 0 Å². The lowest BCUT2D eigenvalue weighted by molar-refractivity contribution is 0.0631. The molecule has 0 saturated heterocycles. The first-order valence-electron chi connectivity index (χ1n) is 6.52. The van der Waals surface area contributed by atoms with Crippen molar-refractivity contribution in [2.45, 2.75) is 45.8 Å². The molecule has 1 amide bonds. The van der Waals surface area contributed by atoms with Crippen LogP contribution < -0.4 is 5.32 Å². The van der Waals surface area contributed by atoms with Crippen LogP contribution in [0.25, 0.3) is 0 Å². The van der Waals surface area contributed by atoms with Crippen LogP contribution in [0.2, 0.25) is 0 Å². The normalized spacial score (nSPS) is 14.7. The molecule has 0 heterocycles. The van der Waals surface area contributed by atoms with E-state index in [2.05, 4.69) is 5.32 Å². The summed E-state index contributed by atoms with van der Waals surface area (Å²) in [7, 11) is 0. The molecule has 0 aromatic heterocycles. The number of aliphatic hydroxyl groups is 1. The molecular formula is C15H23NO3. The Hall–Kier alpha value is -1.55. The maximum absolute atomic E-state index is 10.8. The van der Waals surface area contributed by atoms with Gasteiger partial charge in [0.15, 0.2) is 0 Å². The average Bonchev–Trinajstić information content (AvgIpc) is 2.33. The Balaban J connectivity index is 2.62. The summed E-state index contributed by atoms with van der Waals surface area (Å²) in [5.41, 5.74) is 0.818. The van der Waals surface area contributed by atoms with Gasteiger partial charge >= 0.3 is 6.09 Å².